The number of benzene rings is 1. The number of aromatic nitrogens is 3. The standard InChI is InChI=1S/C19H17N5O3/c1-27-19(26)14-5-2-6-15(10-14)22-17-8-7-16(23-24-17)18(25)21-12-13-4-3-9-20-11-13/h2-11H,12H2,1H3,(H,21,25)(H,22,24). The maximum Gasteiger partial charge on any atom is 0.337 e. The molecule has 8 heteroatoms. The van der Waals surface area contributed by atoms with Crippen molar-refractivity contribution in [1.82, 2.24) is 20.5 Å². The van der Waals surface area contributed by atoms with Crippen LogP contribution in [0.1, 0.15) is 26.4 Å². The third-order valence-electron chi connectivity index (χ3n) is 3.63. The lowest BCUT2D eigenvalue weighted by molar-refractivity contribution is 0.0600. The van der Waals surface area contributed by atoms with Crippen molar-refractivity contribution in [3.8, 4) is 0 Å². The Labute approximate surface area is 155 Å². The summed E-state index contributed by atoms with van der Waals surface area (Å²) in [4.78, 5) is 27.7. The summed E-state index contributed by atoms with van der Waals surface area (Å²) in [5.41, 5.74) is 2.16. The van der Waals surface area contributed by atoms with E-state index in [4.69, 9.17) is 4.74 Å². The van der Waals surface area contributed by atoms with Crippen LogP contribution in [0.2, 0.25) is 0 Å². The Morgan fingerprint density at radius 3 is 2.67 bits per heavy atom. The first-order valence-electron chi connectivity index (χ1n) is 8.12. The first-order valence-corrected chi connectivity index (χ1v) is 8.12. The molecule has 3 aromatic rings. The van der Waals surface area contributed by atoms with Crippen molar-refractivity contribution in [3.05, 3.63) is 77.7 Å². The molecule has 2 N–H and O–H groups in total. The first-order chi connectivity index (χ1) is 13.2. The molecule has 0 saturated carbocycles. The highest BCUT2D eigenvalue weighted by Crippen LogP contribution is 2.16. The molecule has 0 fully saturated rings. The number of hydrogen-bond acceptors (Lipinski definition) is 7. The minimum atomic E-state index is -0.426. The fourth-order valence-electron chi connectivity index (χ4n) is 2.29. The molecular weight excluding hydrogens is 346 g/mol. The number of rotatable bonds is 6. The topological polar surface area (TPSA) is 106 Å². The molecule has 3 rings (SSSR count). The second-order valence-electron chi connectivity index (χ2n) is 5.55. The number of nitrogens with zero attached hydrogens (tertiary/aromatic N) is 3. The minimum absolute atomic E-state index is 0.202. The molecule has 8 nitrogen and oxygen atoms in total. The molecule has 2 aromatic heterocycles. The molecule has 1 aromatic carbocycles. The van der Waals surface area contributed by atoms with E-state index >= 15 is 0 Å². The fraction of sp³-hybridized carbons (Fsp3) is 0.105. The minimum Gasteiger partial charge on any atom is -0.465 e. The maximum atomic E-state index is 12.1. The lowest BCUT2D eigenvalue weighted by Gasteiger charge is -2.07. The van der Waals surface area contributed by atoms with Crippen molar-refractivity contribution in [1.29, 1.82) is 0 Å². The van der Waals surface area contributed by atoms with E-state index in [1.807, 2.05) is 6.07 Å². The molecular formula is C19H17N5O3. The summed E-state index contributed by atoms with van der Waals surface area (Å²) in [7, 11) is 1.33. The van der Waals surface area contributed by atoms with E-state index in [9.17, 15) is 9.59 Å². The average Bonchev–Trinajstić information content (AvgIpc) is 2.73. The van der Waals surface area contributed by atoms with Crippen molar-refractivity contribution >= 4 is 23.4 Å². The molecule has 0 bridgehead atoms. The number of methoxy groups -OCH3 is 1. The van der Waals surface area contributed by atoms with Crippen LogP contribution >= 0.6 is 0 Å². The van der Waals surface area contributed by atoms with Crippen LogP contribution in [-0.4, -0.2) is 34.2 Å². The van der Waals surface area contributed by atoms with Gasteiger partial charge in [0.2, 0.25) is 0 Å². The van der Waals surface area contributed by atoms with E-state index in [0.29, 0.717) is 23.6 Å². The normalized spacial score (nSPS) is 10.1. The van der Waals surface area contributed by atoms with Crippen molar-refractivity contribution in [3.63, 3.8) is 0 Å². The molecule has 0 aliphatic heterocycles. The zero-order chi connectivity index (χ0) is 19.1. The number of carbonyl (C=O) groups excluding carboxylic acids is 2. The van der Waals surface area contributed by atoms with Gasteiger partial charge in [0.1, 0.15) is 0 Å². The van der Waals surface area contributed by atoms with Gasteiger partial charge >= 0.3 is 5.97 Å². The molecule has 0 radical (unpaired) electrons. The van der Waals surface area contributed by atoms with E-state index in [-0.39, 0.29) is 11.6 Å². The maximum absolute atomic E-state index is 12.1. The lowest BCUT2D eigenvalue weighted by Crippen LogP contribution is -2.24. The van der Waals surface area contributed by atoms with Gasteiger partial charge in [0.15, 0.2) is 11.5 Å². The van der Waals surface area contributed by atoms with Gasteiger partial charge in [0.05, 0.1) is 12.7 Å². The van der Waals surface area contributed by atoms with E-state index < -0.39 is 5.97 Å². The average molecular weight is 363 g/mol. The molecule has 0 atom stereocenters. The smallest absolute Gasteiger partial charge is 0.337 e. The summed E-state index contributed by atoms with van der Waals surface area (Å²) in [6.45, 7) is 0.356. The quantitative estimate of drug-likeness (QED) is 0.647. The van der Waals surface area contributed by atoms with Crippen LogP contribution in [0.4, 0.5) is 11.5 Å². The van der Waals surface area contributed by atoms with Crippen LogP contribution in [-0.2, 0) is 11.3 Å². The van der Waals surface area contributed by atoms with E-state index in [1.165, 1.54) is 7.11 Å². The Bertz CT molecular complexity index is 930. The summed E-state index contributed by atoms with van der Waals surface area (Å²) in [6, 6.07) is 13.7. The number of anilines is 2. The second kappa shape index (κ2) is 8.52. The number of nitrogens with one attached hydrogen (secondary N) is 2. The Morgan fingerprint density at radius 1 is 1.07 bits per heavy atom. The van der Waals surface area contributed by atoms with Crippen LogP contribution in [0.25, 0.3) is 0 Å². The van der Waals surface area contributed by atoms with Gasteiger partial charge in [-0.3, -0.25) is 9.78 Å². The van der Waals surface area contributed by atoms with Crippen molar-refractivity contribution in [2.45, 2.75) is 6.54 Å². The van der Waals surface area contributed by atoms with Gasteiger partial charge in [-0.2, -0.15) is 0 Å². The van der Waals surface area contributed by atoms with Gasteiger partial charge < -0.3 is 15.4 Å². The van der Waals surface area contributed by atoms with Crippen molar-refractivity contribution < 1.29 is 14.3 Å². The summed E-state index contributed by atoms with van der Waals surface area (Å²) < 4.78 is 4.70. The molecule has 1 amide bonds. The van der Waals surface area contributed by atoms with Crippen molar-refractivity contribution in [2.24, 2.45) is 0 Å². The van der Waals surface area contributed by atoms with Crippen LogP contribution in [0.3, 0.4) is 0 Å². The highest BCUT2D eigenvalue weighted by Gasteiger charge is 2.09. The van der Waals surface area contributed by atoms with Crippen molar-refractivity contribution in [2.75, 3.05) is 12.4 Å². The zero-order valence-electron chi connectivity index (χ0n) is 14.5. The Hall–Kier alpha value is -3.81. The molecule has 0 spiro atoms. The fourth-order valence-corrected chi connectivity index (χ4v) is 2.29. The lowest BCUT2D eigenvalue weighted by atomic mass is 10.2. The molecule has 0 unspecified atom stereocenters. The number of ether oxygens (including phenoxy) is 1. The molecule has 0 aliphatic rings. The van der Waals surface area contributed by atoms with Crippen LogP contribution in [0.15, 0.2) is 60.9 Å². The number of pyridine rings is 1. The third-order valence-corrected chi connectivity index (χ3v) is 3.63. The predicted molar refractivity (Wildman–Crippen MR) is 98.5 cm³/mol. The van der Waals surface area contributed by atoms with E-state index in [1.54, 1.807) is 54.9 Å². The Kier molecular flexibility index (Phi) is 5.68. The number of carbonyl (C=O) groups is 2. The molecule has 2 heterocycles. The van der Waals surface area contributed by atoms with E-state index in [0.717, 1.165) is 5.56 Å². The summed E-state index contributed by atoms with van der Waals surface area (Å²) in [6.07, 6.45) is 3.35. The highest BCUT2D eigenvalue weighted by atomic mass is 16.5. The molecule has 136 valence electrons. The van der Waals surface area contributed by atoms with Crippen LogP contribution < -0.4 is 10.6 Å². The molecule has 0 aliphatic carbocycles. The van der Waals surface area contributed by atoms with Gasteiger partial charge in [0.25, 0.3) is 5.91 Å². The molecule has 0 saturated heterocycles. The highest BCUT2D eigenvalue weighted by molar-refractivity contribution is 5.92. The summed E-state index contributed by atoms with van der Waals surface area (Å²) >= 11 is 0. The van der Waals surface area contributed by atoms with Gasteiger partial charge in [-0.15, -0.1) is 10.2 Å². The second-order valence-corrected chi connectivity index (χ2v) is 5.55. The van der Waals surface area contributed by atoms with Gasteiger partial charge in [-0.1, -0.05) is 12.1 Å². The van der Waals surface area contributed by atoms with Gasteiger partial charge in [-0.05, 0) is 42.0 Å². The number of hydrogen-bond donors (Lipinski definition) is 2. The third kappa shape index (κ3) is 4.85. The van der Waals surface area contributed by atoms with Gasteiger partial charge in [0, 0.05) is 24.6 Å². The SMILES string of the molecule is COC(=O)c1cccc(Nc2ccc(C(=O)NCc3cccnc3)nn2)c1. The largest absolute Gasteiger partial charge is 0.465 e. The van der Waals surface area contributed by atoms with Crippen LogP contribution in [0, 0.1) is 0 Å². The number of esters is 1. The predicted octanol–water partition coefficient (Wildman–Crippen LogP) is 2.33. The van der Waals surface area contributed by atoms with E-state index in [2.05, 4.69) is 25.8 Å². The summed E-state index contributed by atoms with van der Waals surface area (Å²) in [5, 5.41) is 13.7. The Morgan fingerprint density at radius 2 is 1.96 bits per heavy atom. The summed E-state index contributed by atoms with van der Waals surface area (Å²) in [5.74, 6) is -0.309. The van der Waals surface area contributed by atoms with Gasteiger partial charge in [-0.25, -0.2) is 4.79 Å². The molecule has 27 heavy (non-hydrogen) atoms. The van der Waals surface area contributed by atoms with Crippen LogP contribution in [0.5, 0.6) is 0 Å². The number of amides is 1. The Balaban J connectivity index is 1.61. The first kappa shape index (κ1) is 18.0. The zero-order valence-corrected chi connectivity index (χ0v) is 14.5. The monoisotopic (exact) mass is 363 g/mol.